The van der Waals surface area contributed by atoms with Crippen molar-refractivity contribution in [2.45, 2.75) is 4.90 Å². The van der Waals surface area contributed by atoms with Crippen molar-refractivity contribution in [1.29, 1.82) is 5.26 Å². The maximum Gasteiger partial charge on any atom is 0.243 e. The zero-order valence-electron chi connectivity index (χ0n) is 12.9. The van der Waals surface area contributed by atoms with E-state index < -0.39 is 10.0 Å². The Balaban J connectivity index is 1.77. The Labute approximate surface area is 146 Å². The van der Waals surface area contributed by atoms with Crippen LogP contribution in [-0.2, 0) is 10.0 Å². The van der Waals surface area contributed by atoms with E-state index in [0.29, 0.717) is 26.2 Å². The number of anilines is 1. The Morgan fingerprint density at radius 3 is 2.29 bits per heavy atom. The highest BCUT2D eigenvalue weighted by Gasteiger charge is 2.29. The van der Waals surface area contributed by atoms with Gasteiger partial charge in [-0.3, -0.25) is 0 Å². The van der Waals surface area contributed by atoms with Crippen LogP contribution in [0.25, 0.3) is 0 Å². The minimum absolute atomic E-state index is 0.108. The summed E-state index contributed by atoms with van der Waals surface area (Å²) in [6.07, 6.45) is 0. The minimum atomic E-state index is -3.62. The van der Waals surface area contributed by atoms with Crippen molar-refractivity contribution in [2.75, 3.05) is 31.1 Å². The third kappa shape index (κ3) is 3.24. The van der Waals surface area contributed by atoms with Crippen LogP contribution in [0, 0.1) is 11.3 Å². The van der Waals surface area contributed by atoms with E-state index in [2.05, 4.69) is 4.90 Å². The van der Waals surface area contributed by atoms with E-state index in [-0.39, 0.29) is 15.5 Å². The molecule has 0 aromatic heterocycles. The second-order valence-corrected chi connectivity index (χ2v) is 7.83. The van der Waals surface area contributed by atoms with E-state index >= 15 is 0 Å². The van der Waals surface area contributed by atoms with Gasteiger partial charge in [0.2, 0.25) is 10.0 Å². The molecular formula is C17H16ClN3O2S. The molecule has 0 N–H and O–H groups in total. The van der Waals surface area contributed by atoms with Crippen molar-refractivity contribution in [3.8, 4) is 6.07 Å². The normalized spacial score (nSPS) is 15.9. The molecule has 0 unspecified atom stereocenters. The Kier molecular flexibility index (Phi) is 4.76. The highest BCUT2D eigenvalue weighted by Crippen LogP contribution is 2.24. The SMILES string of the molecule is N#Cc1cc(S(=O)(=O)N2CCN(c3ccccc3)CC2)ccc1Cl. The summed E-state index contributed by atoms with van der Waals surface area (Å²) in [6.45, 7) is 2.06. The van der Waals surface area contributed by atoms with Gasteiger partial charge in [0.1, 0.15) is 6.07 Å². The van der Waals surface area contributed by atoms with Gasteiger partial charge in [-0.15, -0.1) is 0 Å². The molecule has 124 valence electrons. The summed E-state index contributed by atoms with van der Waals surface area (Å²) in [6, 6.07) is 16.1. The summed E-state index contributed by atoms with van der Waals surface area (Å²) < 4.78 is 27.0. The molecule has 2 aromatic rings. The number of sulfonamides is 1. The molecule has 1 fully saturated rings. The van der Waals surface area contributed by atoms with Crippen LogP contribution in [0.1, 0.15) is 5.56 Å². The van der Waals surface area contributed by atoms with Crippen molar-refractivity contribution >= 4 is 27.3 Å². The third-order valence-corrected chi connectivity index (χ3v) is 6.28. The molecule has 2 aromatic carbocycles. The van der Waals surface area contributed by atoms with Crippen LogP contribution in [-0.4, -0.2) is 38.9 Å². The summed E-state index contributed by atoms with van der Waals surface area (Å²) >= 11 is 5.88. The Morgan fingerprint density at radius 2 is 1.67 bits per heavy atom. The van der Waals surface area contributed by atoms with Gasteiger partial charge in [0, 0.05) is 31.9 Å². The number of halogens is 1. The lowest BCUT2D eigenvalue weighted by molar-refractivity contribution is 0.385. The smallest absolute Gasteiger partial charge is 0.243 e. The van der Waals surface area contributed by atoms with Crippen molar-refractivity contribution in [2.24, 2.45) is 0 Å². The van der Waals surface area contributed by atoms with Crippen LogP contribution in [0.4, 0.5) is 5.69 Å². The lowest BCUT2D eigenvalue weighted by Crippen LogP contribution is -2.48. The summed E-state index contributed by atoms with van der Waals surface area (Å²) in [5, 5.41) is 9.29. The van der Waals surface area contributed by atoms with E-state index in [9.17, 15) is 8.42 Å². The lowest BCUT2D eigenvalue weighted by atomic mass is 10.2. The number of nitrogens with zero attached hydrogens (tertiary/aromatic N) is 3. The number of piperazine rings is 1. The van der Waals surface area contributed by atoms with E-state index in [0.717, 1.165) is 5.69 Å². The second kappa shape index (κ2) is 6.81. The second-order valence-electron chi connectivity index (χ2n) is 5.48. The molecule has 5 nitrogen and oxygen atoms in total. The molecule has 0 radical (unpaired) electrons. The minimum Gasteiger partial charge on any atom is -0.369 e. The topological polar surface area (TPSA) is 64.4 Å². The molecule has 0 bridgehead atoms. The van der Waals surface area contributed by atoms with E-state index in [4.69, 9.17) is 16.9 Å². The first-order valence-corrected chi connectivity index (χ1v) is 9.34. The molecular weight excluding hydrogens is 346 g/mol. The quantitative estimate of drug-likeness (QED) is 0.843. The van der Waals surface area contributed by atoms with Crippen LogP contribution in [0.2, 0.25) is 5.02 Å². The van der Waals surface area contributed by atoms with E-state index in [1.165, 1.54) is 22.5 Å². The molecule has 1 aliphatic rings. The van der Waals surface area contributed by atoms with Gasteiger partial charge in [0.25, 0.3) is 0 Å². The molecule has 24 heavy (non-hydrogen) atoms. The molecule has 1 saturated heterocycles. The maximum absolute atomic E-state index is 12.8. The molecule has 0 amide bonds. The number of hydrogen-bond acceptors (Lipinski definition) is 4. The Bertz CT molecular complexity index is 870. The number of nitriles is 1. The van der Waals surface area contributed by atoms with Gasteiger partial charge in [-0.2, -0.15) is 9.57 Å². The zero-order valence-corrected chi connectivity index (χ0v) is 14.5. The van der Waals surface area contributed by atoms with Gasteiger partial charge in [0.15, 0.2) is 0 Å². The van der Waals surface area contributed by atoms with Gasteiger partial charge >= 0.3 is 0 Å². The molecule has 1 aliphatic heterocycles. The Morgan fingerprint density at radius 1 is 1.00 bits per heavy atom. The van der Waals surface area contributed by atoms with Crippen LogP contribution >= 0.6 is 11.6 Å². The number of para-hydroxylation sites is 1. The fourth-order valence-electron chi connectivity index (χ4n) is 2.73. The molecule has 0 atom stereocenters. The molecule has 7 heteroatoms. The van der Waals surface area contributed by atoms with Gasteiger partial charge in [-0.25, -0.2) is 8.42 Å². The average Bonchev–Trinajstić information content (AvgIpc) is 2.63. The fourth-order valence-corrected chi connectivity index (χ4v) is 4.33. The van der Waals surface area contributed by atoms with E-state index in [1.807, 2.05) is 36.4 Å². The summed E-state index contributed by atoms with van der Waals surface area (Å²) in [7, 11) is -3.62. The molecule has 0 spiro atoms. The first-order valence-electron chi connectivity index (χ1n) is 7.52. The van der Waals surface area contributed by atoms with Gasteiger partial charge in [0.05, 0.1) is 15.5 Å². The van der Waals surface area contributed by atoms with Crippen LogP contribution in [0.3, 0.4) is 0 Å². The molecule has 0 saturated carbocycles. The van der Waals surface area contributed by atoms with Crippen molar-refractivity contribution in [3.63, 3.8) is 0 Å². The maximum atomic E-state index is 12.8. The van der Waals surface area contributed by atoms with Crippen molar-refractivity contribution in [3.05, 3.63) is 59.1 Å². The van der Waals surface area contributed by atoms with Crippen LogP contribution in [0.5, 0.6) is 0 Å². The zero-order chi connectivity index (χ0) is 17.2. The largest absolute Gasteiger partial charge is 0.369 e. The predicted molar refractivity (Wildman–Crippen MR) is 93.6 cm³/mol. The average molecular weight is 362 g/mol. The summed E-state index contributed by atoms with van der Waals surface area (Å²) in [5.41, 5.74) is 1.26. The highest BCUT2D eigenvalue weighted by atomic mass is 35.5. The van der Waals surface area contributed by atoms with Gasteiger partial charge < -0.3 is 4.90 Å². The van der Waals surface area contributed by atoms with Gasteiger partial charge in [-0.1, -0.05) is 29.8 Å². The fraction of sp³-hybridized carbons (Fsp3) is 0.235. The summed E-state index contributed by atoms with van der Waals surface area (Å²) in [5.74, 6) is 0. The van der Waals surface area contributed by atoms with Crippen molar-refractivity contribution in [1.82, 2.24) is 4.31 Å². The van der Waals surface area contributed by atoms with Crippen molar-refractivity contribution < 1.29 is 8.42 Å². The molecule has 1 heterocycles. The third-order valence-electron chi connectivity index (χ3n) is 4.06. The first-order chi connectivity index (χ1) is 11.5. The van der Waals surface area contributed by atoms with Gasteiger partial charge in [-0.05, 0) is 30.3 Å². The number of rotatable bonds is 3. The standard InChI is InChI=1S/C17H16ClN3O2S/c18-17-7-6-16(12-14(17)13-19)24(22,23)21-10-8-20(9-11-21)15-4-2-1-3-5-15/h1-7,12H,8-11H2. The number of benzene rings is 2. The van der Waals surface area contributed by atoms with Crippen LogP contribution < -0.4 is 4.90 Å². The van der Waals surface area contributed by atoms with Crippen LogP contribution in [0.15, 0.2) is 53.4 Å². The van der Waals surface area contributed by atoms with E-state index in [1.54, 1.807) is 0 Å². The molecule has 0 aliphatic carbocycles. The highest BCUT2D eigenvalue weighted by molar-refractivity contribution is 7.89. The lowest BCUT2D eigenvalue weighted by Gasteiger charge is -2.35. The summed E-state index contributed by atoms with van der Waals surface area (Å²) in [4.78, 5) is 2.27. The molecule has 3 rings (SSSR count). The first kappa shape index (κ1) is 16.8. The Hall–Kier alpha value is -2.07. The number of hydrogen-bond donors (Lipinski definition) is 0. The monoisotopic (exact) mass is 361 g/mol. The predicted octanol–water partition coefficient (Wildman–Crippen LogP) is 2.72.